The molecule has 132 valence electrons. The van der Waals surface area contributed by atoms with Crippen LogP contribution in [0.15, 0.2) is 24.3 Å². The van der Waals surface area contributed by atoms with E-state index in [0.29, 0.717) is 0 Å². The van der Waals surface area contributed by atoms with Gasteiger partial charge < -0.3 is 20.1 Å². The molecule has 24 heavy (non-hydrogen) atoms. The summed E-state index contributed by atoms with van der Waals surface area (Å²) >= 11 is 0. The monoisotopic (exact) mass is 332 g/mol. The third kappa shape index (κ3) is 3.60. The molecule has 2 heterocycles. The Balaban J connectivity index is 1.70. The number of rotatable bonds is 2. The zero-order valence-electron chi connectivity index (χ0n) is 15.0. The lowest BCUT2D eigenvalue weighted by molar-refractivity contribution is -0.0363. The van der Waals surface area contributed by atoms with Gasteiger partial charge >= 0.3 is 6.09 Å². The molecule has 2 bridgehead atoms. The van der Waals surface area contributed by atoms with Crippen LogP contribution in [0.5, 0.6) is 5.75 Å². The van der Waals surface area contributed by atoms with Gasteiger partial charge in [0.2, 0.25) is 0 Å². The van der Waals surface area contributed by atoms with Crippen LogP contribution in [-0.2, 0) is 4.74 Å². The minimum absolute atomic E-state index is 0.190. The van der Waals surface area contributed by atoms with Crippen LogP contribution in [0.2, 0.25) is 0 Å². The average molecular weight is 332 g/mol. The van der Waals surface area contributed by atoms with Crippen molar-refractivity contribution in [3.05, 3.63) is 24.3 Å². The van der Waals surface area contributed by atoms with E-state index in [0.717, 1.165) is 37.1 Å². The van der Waals surface area contributed by atoms with Gasteiger partial charge in [-0.3, -0.25) is 0 Å². The average Bonchev–Trinajstić information content (AvgIpc) is 2.73. The molecular weight excluding hydrogens is 304 g/mol. The number of anilines is 1. The minimum atomic E-state index is -0.461. The van der Waals surface area contributed by atoms with E-state index in [9.17, 15) is 4.79 Å². The first-order valence-corrected chi connectivity index (χ1v) is 8.71. The number of ether oxygens (including phenoxy) is 2. The van der Waals surface area contributed by atoms with Crippen molar-refractivity contribution in [1.82, 2.24) is 4.90 Å². The number of amides is 1. The Kier molecular flexibility index (Phi) is 4.14. The molecule has 1 aromatic rings. The Morgan fingerprint density at radius 3 is 2.21 bits per heavy atom. The highest BCUT2D eigenvalue weighted by Gasteiger charge is 2.50. The van der Waals surface area contributed by atoms with E-state index in [1.54, 1.807) is 0 Å². The normalized spacial score (nSPS) is 29.4. The molecule has 2 fully saturated rings. The standard InChI is InChI=1S/C19H28N2O3/c1-18(2,3)24-17(22)21-14-7-8-15(21)12-19(4,11-14)23-16-9-5-13(20)6-10-16/h5-6,9-10,14-15H,7-8,11-12,20H2,1-4H3/t14-,15+,19?. The number of fused-ring (bicyclic) bond motifs is 2. The molecule has 0 spiro atoms. The van der Waals surface area contributed by atoms with Crippen molar-refractivity contribution in [3.63, 3.8) is 0 Å². The summed E-state index contributed by atoms with van der Waals surface area (Å²) < 4.78 is 11.9. The van der Waals surface area contributed by atoms with Gasteiger partial charge in [-0.1, -0.05) is 0 Å². The molecule has 1 amide bonds. The maximum atomic E-state index is 12.5. The third-order valence-electron chi connectivity index (χ3n) is 4.80. The van der Waals surface area contributed by atoms with Crippen LogP contribution in [0.1, 0.15) is 53.4 Å². The van der Waals surface area contributed by atoms with Crippen LogP contribution in [0, 0.1) is 0 Å². The number of piperidine rings is 1. The molecule has 5 nitrogen and oxygen atoms in total. The second kappa shape index (κ2) is 5.87. The van der Waals surface area contributed by atoms with Crippen LogP contribution >= 0.6 is 0 Å². The lowest BCUT2D eigenvalue weighted by Crippen LogP contribution is -2.55. The van der Waals surface area contributed by atoms with Crippen molar-refractivity contribution in [2.75, 3.05) is 5.73 Å². The molecule has 1 aromatic carbocycles. The lowest BCUT2D eigenvalue weighted by Gasteiger charge is -2.44. The number of nitrogens with two attached hydrogens (primary N) is 1. The molecule has 0 aliphatic carbocycles. The summed E-state index contributed by atoms with van der Waals surface area (Å²) in [6, 6.07) is 7.90. The Labute approximate surface area is 144 Å². The van der Waals surface area contributed by atoms with Gasteiger partial charge in [-0.15, -0.1) is 0 Å². The summed E-state index contributed by atoms with van der Waals surface area (Å²) in [7, 11) is 0. The number of carbonyl (C=O) groups is 1. The number of benzene rings is 1. The first-order valence-electron chi connectivity index (χ1n) is 8.71. The highest BCUT2D eigenvalue weighted by atomic mass is 16.6. The topological polar surface area (TPSA) is 64.8 Å². The smallest absolute Gasteiger partial charge is 0.410 e. The molecule has 0 aromatic heterocycles. The van der Waals surface area contributed by atoms with E-state index in [2.05, 4.69) is 6.92 Å². The van der Waals surface area contributed by atoms with Gasteiger partial charge in [-0.05, 0) is 64.8 Å². The number of carbonyl (C=O) groups excluding carboxylic acids is 1. The zero-order chi connectivity index (χ0) is 17.5. The van der Waals surface area contributed by atoms with Crippen molar-refractivity contribution in [2.45, 2.75) is 76.7 Å². The molecule has 2 saturated heterocycles. The van der Waals surface area contributed by atoms with Gasteiger partial charge in [0, 0.05) is 30.6 Å². The quantitative estimate of drug-likeness (QED) is 0.832. The number of hydrogen-bond donors (Lipinski definition) is 1. The Bertz CT molecular complexity index is 592. The fourth-order valence-corrected chi connectivity index (χ4v) is 3.96. The molecule has 2 aliphatic heterocycles. The van der Waals surface area contributed by atoms with Crippen molar-refractivity contribution in [3.8, 4) is 5.75 Å². The number of nitrogens with zero attached hydrogens (tertiary/aromatic N) is 1. The molecule has 2 N–H and O–H groups in total. The summed E-state index contributed by atoms with van der Waals surface area (Å²) in [6.45, 7) is 7.86. The van der Waals surface area contributed by atoms with Crippen LogP contribution in [0.3, 0.4) is 0 Å². The molecule has 2 aliphatic rings. The van der Waals surface area contributed by atoms with Crippen molar-refractivity contribution in [2.24, 2.45) is 0 Å². The van der Waals surface area contributed by atoms with Gasteiger partial charge in [0.15, 0.2) is 0 Å². The molecule has 3 atom stereocenters. The van der Waals surface area contributed by atoms with E-state index in [1.807, 2.05) is 49.9 Å². The van der Waals surface area contributed by atoms with Crippen molar-refractivity contribution in [1.29, 1.82) is 0 Å². The third-order valence-corrected chi connectivity index (χ3v) is 4.80. The van der Waals surface area contributed by atoms with E-state index in [4.69, 9.17) is 15.2 Å². The maximum Gasteiger partial charge on any atom is 0.410 e. The fourth-order valence-electron chi connectivity index (χ4n) is 3.96. The predicted octanol–water partition coefficient (Wildman–Crippen LogP) is 3.97. The molecule has 1 unspecified atom stereocenters. The Hall–Kier alpha value is -1.91. The van der Waals surface area contributed by atoms with Crippen LogP contribution in [-0.4, -0.2) is 34.3 Å². The minimum Gasteiger partial charge on any atom is -0.487 e. The van der Waals surface area contributed by atoms with Gasteiger partial charge in [-0.2, -0.15) is 0 Å². The van der Waals surface area contributed by atoms with Crippen LogP contribution < -0.4 is 10.5 Å². The van der Waals surface area contributed by atoms with Crippen LogP contribution in [0.4, 0.5) is 10.5 Å². The fraction of sp³-hybridized carbons (Fsp3) is 0.632. The van der Waals surface area contributed by atoms with E-state index < -0.39 is 5.60 Å². The maximum absolute atomic E-state index is 12.5. The summed E-state index contributed by atoms with van der Waals surface area (Å²) in [5, 5.41) is 0. The van der Waals surface area contributed by atoms with Crippen molar-refractivity contribution >= 4 is 11.8 Å². The first-order chi connectivity index (χ1) is 11.2. The van der Waals surface area contributed by atoms with Gasteiger partial charge in [0.25, 0.3) is 0 Å². The summed E-state index contributed by atoms with van der Waals surface area (Å²) in [4.78, 5) is 14.5. The molecular formula is C19H28N2O3. The highest BCUT2D eigenvalue weighted by Crippen LogP contribution is 2.43. The SMILES string of the molecule is CC(C)(C)OC(=O)N1[C@@H]2CC[C@H]1CC(C)(Oc1ccc(N)cc1)C2. The van der Waals surface area contributed by atoms with E-state index in [-0.39, 0.29) is 23.8 Å². The van der Waals surface area contributed by atoms with E-state index in [1.165, 1.54) is 0 Å². The number of nitrogen functional groups attached to an aromatic ring is 1. The molecule has 5 heteroatoms. The highest BCUT2D eigenvalue weighted by molar-refractivity contribution is 5.69. The predicted molar refractivity (Wildman–Crippen MR) is 94.0 cm³/mol. The Morgan fingerprint density at radius 2 is 1.71 bits per heavy atom. The van der Waals surface area contributed by atoms with Crippen LogP contribution in [0.25, 0.3) is 0 Å². The van der Waals surface area contributed by atoms with Gasteiger partial charge in [0.1, 0.15) is 17.0 Å². The summed E-state index contributed by atoms with van der Waals surface area (Å²) in [5.41, 5.74) is 5.74. The Morgan fingerprint density at radius 1 is 1.17 bits per heavy atom. The molecule has 0 saturated carbocycles. The second-order valence-corrected chi connectivity index (χ2v) is 8.30. The van der Waals surface area contributed by atoms with Crippen molar-refractivity contribution < 1.29 is 14.3 Å². The first kappa shape index (κ1) is 16.9. The summed E-state index contributed by atoms with van der Waals surface area (Å²) in [5.74, 6) is 0.830. The largest absolute Gasteiger partial charge is 0.487 e. The van der Waals surface area contributed by atoms with E-state index >= 15 is 0 Å². The summed E-state index contributed by atoms with van der Waals surface area (Å²) in [6.07, 6.45) is 3.50. The second-order valence-electron chi connectivity index (χ2n) is 8.30. The number of hydrogen-bond acceptors (Lipinski definition) is 4. The van der Waals surface area contributed by atoms with Gasteiger partial charge in [-0.25, -0.2) is 4.79 Å². The lowest BCUT2D eigenvalue weighted by atomic mass is 9.87. The molecule has 0 radical (unpaired) electrons. The van der Waals surface area contributed by atoms with Gasteiger partial charge in [0.05, 0.1) is 0 Å². The zero-order valence-corrected chi connectivity index (χ0v) is 15.0. The molecule has 3 rings (SSSR count).